The number of nitrogens with one attached hydrogen (secondary N) is 2. The van der Waals surface area contributed by atoms with E-state index < -0.39 is 12.3 Å². The minimum Gasteiger partial charge on any atom is -0.387 e. The fraction of sp³-hybridized carbons (Fsp3) is 0.375. The first kappa shape index (κ1) is 28.6. The molecule has 0 spiro atoms. The highest BCUT2D eigenvalue weighted by molar-refractivity contribution is 5.95. The van der Waals surface area contributed by atoms with Crippen LogP contribution in [0.25, 0.3) is 11.2 Å². The van der Waals surface area contributed by atoms with Crippen LogP contribution in [0.3, 0.4) is 0 Å². The van der Waals surface area contributed by atoms with E-state index in [1.165, 1.54) is 5.57 Å². The van der Waals surface area contributed by atoms with Gasteiger partial charge in [-0.25, -0.2) is 13.3 Å². The molecule has 1 unspecified atom stereocenters. The fourth-order valence-corrected chi connectivity index (χ4v) is 5.83. The third-order valence-electron chi connectivity index (χ3n) is 8.23. The molecule has 2 aromatic heterocycles. The van der Waals surface area contributed by atoms with E-state index in [2.05, 4.69) is 27.9 Å². The first-order chi connectivity index (χ1) is 20.7. The van der Waals surface area contributed by atoms with E-state index in [0.717, 1.165) is 49.8 Å². The Kier molecular flexibility index (Phi) is 7.96. The van der Waals surface area contributed by atoms with E-state index in [-0.39, 0.29) is 18.2 Å². The molecule has 0 bridgehead atoms. The molecule has 2 N–H and O–H groups in total. The summed E-state index contributed by atoms with van der Waals surface area (Å²) in [6.07, 6.45) is 11.0. The first-order valence-corrected chi connectivity index (χ1v) is 14.7. The molecule has 6 rings (SSSR count). The van der Waals surface area contributed by atoms with E-state index in [9.17, 15) is 18.4 Å². The van der Waals surface area contributed by atoms with Crippen molar-refractivity contribution in [3.05, 3.63) is 83.7 Å². The van der Waals surface area contributed by atoms with Crippen LogP contribution in [-0.2, 0) is 4.79 Å². The van der Waals surface area contributed by atoms with Gasteiger partial charge >= 0.3 is 0 Å². The Morgan fingerprint density at radius 3 is 2.67 bits per heavy atom. The second-order valence-electron chi connectivity index (χ2n) is 11.4. The van der Waals surface area contributed by atoms with E-state index in [0.29, 0.717) is 42.6 Å². The summed E-state index contributed by atoms with van der Waals surface area (Å²) in [5.41, 5.74) is 5.33. The van der Waals surface area contributed by atoms with Crippen LogP contribution >= 0.6 is 0 Å². The van der Waals surface area contributed by atoms with Crippen LogP contribution < -0.4 is 10.6 Å². The normalized spacial score (nSPS) is 18.8. The van der Waals surface area contributed by atoms with Crippen molar-refractivity contribution in [1.29, 1.82) is 0 Å². The molecule has 1 atom stereocenters. The molecule has 1 aromatic carbocycles. The Morgan fingerprint density at radius 2 is 1.95 bits per heavy atom. The standard InChI is InChI=1S/C32H35F2N7O2/c1-32(33,34)14-8-28(42)39-18-11-23(12-19-39)27-3-2-17-41-29(27)37-31(38-41)36-26-6-4-24(5-7-26)30(43)40-20-13-25(21-40)22-9-15-35-16-10-22/h2-7,9-11,15,17,25,35H,8,12-14,16,18-21H2,1H3,(H,36,38). The molecule has 0 radical (unpaired) electrons. The lowest BCUT2D eigenvalue weighted by molar-refractivity contribution is -0.132. The number of carbonyl (C=O) groups excluding carboxylic acids is 2. The number of rotatable bonds is 8. The molecule has 224 valence electrons. The molecular formula is C32H35F2N7O2. The second kappa shape index (κ2) is 12.0. The maximum Gasteiger partial charge on any atom is 0.253 e. The second-order valence-corrected chi connectivity index (χ2v) is 11.4. The van der Waals surface area contributed by atoms with Gasteiger partial charge in [0.2, 0.25) is 17.8 Å². The van der Waals surface area contributed by atoms with Gasteiger partial charge in [0, 0.05) is 74.5 Å². The Morgan fingerprint density at radius 1 is 1.12 bits per heavy atom. The molecule has 1 fully saturated rings. The molecule has 0 aliphatic carbocycles. The van der Waals surface area contributed by atoms with Crippen molar-refractivity contribution in [3.8, 4) is 0 Å². The predicted molar refractivity (Wildman–Crippen MR) is 161 cm³/mol. The van der Waals surface area contributed by atoms with Crippen molar-refractivity contribution in [1.82, 2.24) is 29.7 Å². The summed E-state index contributed by atoms with van der Waals surface area (Å²) < 4.78 is 28.0. The molecule has 2 amide bonds. The molecule has 11 heteroatoms. The predicted octanol–water partition coefficient (Wildman–Crippen LogP) is 5.03. The summed E-state index contributed by atoms with van der Waals surface area (Å²) in [5, 5.41) is 11.0. The Balaban J connectivity index is 1.09. The number of fused-ring (bicyclic) bond motifs is 1. The lowest BCUT2D eigenvalue weighted by Gasteiger charge is -2.27. The van der Waals surface area contributed by atoms with Gasteiger partial charge < -0.3 is 20.4 Å². The number of carbonyl (C=O) groups is 2. The SMILES string of the molecule is CC(F)(F)CCC(=O)N1CC=C(c2cccn3nc(Nc4ccc(C(=O)N5CCC(C6=CCNC=C6)C5)cc4)nc23)CC1. The maximum absolute atomic E-state index is 13.2. The van der Waals surface area contributed by atoms with Gasteiger partial charge in [0.05, 0.1) is 0 Å². The largest absolute Gasteiger partial charge is 0.387 e. The summed E-state index contributed by atoms with van der Waals surface area (Å²) in [7, 11) is 0. The Bertz CT molecular complexity index is 1600. The summed E-state index contributed by atoms with van der Waals surface area (Å²) >= 11 is 0. The van der Waals surface area contributed by atoms with Gasteiger partial charge in [0.25, 0.3) is 5.91 Å². The zero-order chi connectivity index (χ0) is 30.0. The first-order valence-electron chi connectivity index (χ1n) is 14.7. The van der Waals surface area contributed by atoms with Crippen molar-refractivity contribution in [3.63, 3.8) is 0 Å². The number of pyridine rings is 1. The molecule has 3 aromatic rings. The van der Waals surface area contributed by atoms with Crippen molar-refractivity contribution in [2.45, 2.75) is 38.5 Å². The summed E-state index contributed by atoms with van der Waals surface area (Å²) in [6, 6.07) is 11.2. The van der Waals surface area contributed by atoms with Gasteiger partial charge in [-0.15, -0.1) is 5.10 Å². The van der Waals surface area contributed by atoms with Crippen molar-refractivity contribution in [2.75, 3.05) is 38.0 Å². The smallest absolute Gasteiger partial charge is 0.253 e. The number of aromatic nitrogens is 3. The lowest BCUT2D eigenvalue weighted by Crippen LogP contribution is -2.35. The molecule has 5 heterocycles. The van der Waals surface area contributed by atoms with Crippen molar-refractivity contribution in [2.24, 2.45) is 5.92 Å². The zero-order valence-corrected chi connectivity index (χ0v) is 24.1. The highest BCUT2D eigenvalue weighted by Crippen LogP contribution is 2.29. The van der Waals surface area contributed by atoms with Gasteiger partial charge in [0.15, 0.2) is 5.65 Å². The van der Waals surface area contributed by atoms with Crippen LogP contribution in [0.5, 0.6) is 0 Å². The summed E-state index contributed by atoms with van der Waals surface area (Å²) in [4.78, 5) is 33.8. The number of allylic oxidation sites excluding steroid dienone is 1. The van der Waals surface area contributed by atoms with Gasteiger partial charge in [-0.2, -0.15) is 4.98 Å². The number of alkyl halides is 2. The number of hydrogen-bond acceptors (Lipinski definition) is 6. The van der Waals surface area contributed by atoms with Crippen LogP contribution in [0.2, 0.25) is 0 Å². The average molecular weight is 588 g/mol. The zero-order valence-electron chi connectivity index (χ0n) is 24.1. The van der Waals surface area contributed by atoms with Crippen LogP contribution in [0.4, 0.5) is 20.4 Å². The van der Waals surface area contributed by atoms with Gasteiger partial charge in [0.1, 0.15) is 0 Å². The number of hydrogen-bond donors (Lipinski definition) is 2. The topological polar surface area (TPSA) is 94.9 Å². The molecule has 0 saturated carbocycles. The van der Waals surface area contributed by atoms with Gasteiger partial charge in [-0.3, -0.25) is 9.59 Å². The van der Waals surface area contributed by atoms with Crippen LogP contribution in [-0.4, -0.2) is 74.9 Å². The van der Waals surface area contributed by atoms with Crippen LogP contribution in [0.15, 0.2) is 72.6 Å². The highest BCUT2D eigenvalue weighted by Gasteiger charge is 2.29. The Hall–Kier alpha value is -4.54. The third-order valence-corrected chi connectivity index (χ3v) is 8.23. The van der Waals surface area contributed by atoms with E-state index in [1.54, 1.807) is 9.42 Å². The molecule has 3 aliphatic heterocycles. The molecule has 1 saturated heterocycles. The third kappa shape index (κ3) is 6.60. The Labute approximate surface area is 249 Å². The van der Waals surface area contributed by atoms with E-state index in [1.807, 2.05) is 59.8 Å². The quantitative estimate of drug-likeness (QED) is 0.384. The monoisotopic (exact) mass is 587 g/mol. The van der Waals surface area contributed by atoms with Gasteiger partial charge in [-0.05, 0) is 79.6 Å². The lowest BCUT2D eigenvalue weighted by atomic mass is 9.97. The number of likely N-dealkylation sites (tertiary alicyclic amines) is 1. The maximum atomic E-state index is 13.2. The highest BCUT2D eigenvalue weighted by atomic mass is 19.3. The molecular weight excluding hydrogens is 552 g/mol. The fourth-order valence-electron chi connectivity index (χ4n) is 5.83. The number of anilines is 2. The van der Waals surface area contributed by atoms with E-state index >= 15 is 0 Å². The minimum atomic E-state index is -2.85. The number of dihydropyridines is 1. The number of amides is 2. The van der Waals surface area contributed by atoms with Crippen molar-refractivity contribution >= 4 is 34.7 Å². The van der Waals surface area contributed by atoms with Gasteiger partial charge in [-0.1, -0.05) is 12.2 Å². The number of nitrogens with zero attached hydrogens (tertiary/aromatic N) is 5. The summed E-state index contributed by atoms with van der Waals surface area (Å²) in [6.45, 7) is 3.99. The number of benzene rings is 1. The molecule has 43 heavy (non-hydrogen) atoms. The molecule has 3 aliphatic rings. The van der Waals surface area contributed by atoms with Crippen LogP contribution in [0.1, 0.15) is 48.5 Å². The van der Waals surface area contributed by atoms with E-state index in [4.69, 9.17) is 4.98 Å². The summed E-state index contributed by atoms with van der Waals surface area (Å²) in [5.74, 6) is -2.27. The minimum absolute atomic E-state index is 0.0346. The van der Waals surface area contributed by atoms with Crippen LogP contribution in [0, 0.1) is 5.92 Å². The van der Waals surface area contributed by atoms with Crippen molar-refractivity contribution < 1.29 is 18.4 Å². The average Bonchev–Trinajstić information content (AvgIpc) is 3.68. The number of halogens is 2. The molecule has 9 nitrogen and oxygen atoms in total.